The van der Waals surface area contributed by atoms with Gasteiger partial charge in [0, 0.05) is 56.3 Å². The maximum absolute atomic E-state index is 13.3. The number of methoxy groups -OCH3 is 1. The number of fused-ring (bicyclic) bond motifs is 1. The molecule has 3 atom stereocenters. The molecular formula is C27H43N3O4. The summed E-state index contributed by atoms with van der Waals surface area (Å²) in [4.78, 5) is 15.2. The number of urea groups is 1. The lowest BCUT2D eigenvalue weighted by atomic mass is 9.73. The number of furan rings is 1. The molecule has 0 unspecified atom stereocenters. The topological polar surface area (TPSA) is 87.0 Å². The van der Waals surface area contributed by atoms with E-state index < -0.39 is 5.60 Å². The average Bonchev–Trinajstić information content (AvgIpc) is 3.30. The predicted molar refractivity (Wildman–Crippen MR) is 136 cm³/mol. The third-order valence-electron chi connectivity index (χ3n) is 7.24. The number of nitrogens with zero attached hydrogens (tertiary/aromatic N) is 1. The second kappa shape index (κ2) is 11.6. The second-order valence-corrected chi connectivity index (χ2v) is 10.7. The standard InChI is InChI=1S/C27H43N3O4/c1-26(2,3)23(18-28-4)29-25(31)30-15-9-11-21(19-30)27(32,14-6-7-16-33-5)22-12-8-10-20-13-17-34-24(20)22/h8,10,12-13,17,21,23,28,32H,6-7,9,11,14-16,18-19H2,1-5H3,(H,29,31)/t21-,23-,27+/m1/s1. The summed E-state index contributed by atoms with van der Waals surface area (Å²) in [5.74, 6) is -0.0809. The molecule has 1 aromatic carbocycles. The van der Waals surface area contributed by atoms with Gasteiger partial charge in [0.15, 0.2) is 0 Å². The molecule has 34 heavy (non-hydrogen) atoms. The van der Waals surface area contributed by atoms with Crippen LogP contribution in [0.15, 0.2) is 34.9 Å². The van der Waals surface area contributed by atoms with Crippen LogP contribution in [0.3, 0.4) is 0 Å². The van der Waals surface area contributed by atoms with E-state index in [0.29, 0.717) is 32.7 Å². The molecule has 0 bridgehead atoms. The zero-order chi connectivity index (χ0) is 24.8. The smallest absolute Gasteiger partial charge is 0.317 e. The van der Waals surface area contributed by atoms with Gasteiger partial charge in [-0.05, 0) is 50.6 Å². The number of carbonyl (C=O) groups excluding carboxylic acids is 1. The summed E-state index contributed by atoms with van der Waals surface area (Å²) in [6, 6.07) is 7.84. The molecule has 0 spiro atoms. The highest BCUT2D eigenvalue weighted by molar-refractivity contribution is 5.81. The number of likely N-dealkylation sites (N-methyl/N-ethyl adjacent to an activating group) is 1. The van der Waals surface area contributed by atoms with Crippen molar-refractivity contribution in [1.82, 2.24) is 15.5 Å². The van der Waals surface area contributed by atoms with Gasteiger partial charge in [0.1, 0.15) is 5.58 Å². The van der Waals surface area contributed by atoms with Crippen LogP contribution in [0, 0.1) is 11.3 Å². The molecule has 2 heterocycles. The van der Waals surface area contributed by atoms with Crippen molar-refractivity contribution in [1.29, 1.82) is 0 Å². The van der Waals surface area contributed by atoms with E-state index in [1.807, 2.05) is 36.2 Å². The zero-order valence-electron chi connectivity index (χ0n) is 21.5. The number of likely N-dealkylation sites (tertiary alicyclic amines) is 1. The lowest BCUT2D eigenvalue weighted by Gasteiger charge is -2.43. The van der Waals surface area contributed by atoms with Gasteiger partial charge in [0.2, 0.25) is 0 Å². The monoisotopic (exact) mass is 473 g/mol. The Morgan fingerprint density at radius 3 is 2.79 bits per heavy atom. The van der Waals surface area contributed by atoms with Crippen molar-refractivity contribution in [3.63, 3.8) is 0 Å². The van der Waals surface area contributed by atoms with Crippen LogP contribution in [0.1, 0.15) is 58.4 Å². The van der Waals surface area contributed by atoms with Crippen molar-refractivity contribution in [2.75, 3.05) is 40.4 Å². The van der Waals surface area contributed by atoms with E-state index in [9.17, 15) is 9.90 Å². The Kier molecular flexibility index (Phi) is 9.01. The molecule has 7 nitrogen and oxygen atoms in total. The molecule has 3 N–H and O–H groups in total. The van der Waals surface area contributed by atoms with Crippen LogP contribution < -0.4 is 10.6 Å². The normalized spacial score (nSPS) is 19.7. The Bertz CT molecular complexity index is 922. The lowest BCUT2D eigenvalue weighted by Crippen LogP contribution is -2.56. The van der Waals surface area contributed by atoms with Crippen LogP contribution >= 0.6 is 0 Å². The molecule has 1 saturated heterocycles. The number of rotatable bonds is 10. The molecule has 0 saturated carbocycles. The second-order valence-electron chi connectivity index (χ2n) is 10.7. The van der Waals surface area contributed by atoms with Gasteiger partial charge < -0.3 is 29.8 Å². The van der Waals surface area contributed by atoms with Gasteiger partial charge >= 0.3 is 6.03 Å². The zero-order valence-corrected chi connectivity index (χ0v) is 21.5. The molecule has 0 aliphatic carbocycles. The van der Waals surface area contributed by atoms with Crippen LogP contribution in [0.5, 0.6) is 0 Å². The van der Waals surface area contributed by atoms with E-state index in [2.05, 4.69) is 31.4 Å². The fraction of sp³-hybridized carbons (Fsp3) is 0.667. The first-order chi connectivity index (χ1) is 16.2. The number of ether oxygens (including phenoxy) is 1. The molecule has 1 aliphatic rings. The maximum atomic E-state index is 13.3. The summed E-state index contributed by atoms with van der Waals surface area (Å²) >= 11 is 0. The van der Waals surface area contributed by atoms with Gasteiger partial charge in [-0.1, -0.05) is 39.0 Å². The van der Waals surface area contributed by atoms with Gasteiger partial charge in [-0.25, -0.2) is 4.79 Å². The third-order valence-corrected chi connectivity index (χ3v) is 7.24. The van der Waals surface area contributed by atoms with E-state index in [1.54, 1.807) is 13.4 Å². The SMILES string of the molecule is CNC[C@@H](NC(=O)N1CCC[C@@H]([C@@](O)(CCCCOC)c2cccc3ccoc23)C1)C(C)(C)C. The number of hydrogen-bond acceptors (Lipinski definition) is 5. The Morgan fingerprint density at radius 2 is 2.09 bits per heavy atom. The van der Waals surface area contributed by atoms with Crippen molar-refractivity contribution >= 4 is 17.0 Å². The predicted octanol–water partition coefficient (Wildman–Crippen LogP) is 4.49. The number of aliphatic hydroxyl groups is 1. The highest BCUT2D eigenvalue weighted by atomic mass is 16.5. The summed E-state index contributed by atoms with van der Waals surface area (Å²) in [6.07, 6.45) is 5.70. The highest BCUT2D eigenvalue weighted by Gasteiger charge is 2.43. The first-order valence-corrected chi connectivity index (χ1v) is 12.6. The first kappa shape index (κ1) is 26.5. The fourth-order valence-electron chi connectivity index (χ4n) is 5.10. The van der Waals surface area contributed by atoms with Crippen LogP contribution in [0.25, 0.3) is 11.0 Å². The molecular weight excluding hydrogens is 430 g/mol. The van der Waals surface area contributed by atoms with Crippen LogP contribution in [-0.2, 0) is 10.3 Å². The molecule has 1 aliphatic heterocycles. The first-order valence-electron chi connectivity index (χ1n) is 12.6. The number of para-hydroxylation sites is 1. The summed E-state index contributed by atoms with van der Waals surface area (Å²) in [5, 5.41) is 19.7. The number of unbranched alkanes of at least 4 members (excludes halogenated alkanes) is 1. The molecule has 3 rings (SSSR count). The largest absolute Gasteiger partial charge is 0.464 e. The molecule has 7 heteroatoms. The van der Waals surface area contributed by atoms with Gasteiger partial charge in [0.25, 0.3) is 0 Å². The minimum Gasteiger partial charge on any atom is -0.464 e. The summed E-state index contributed by atoms with van der Waals surface area (Å²) in [7, 11) is 3.60. The average molecular weight is 474 g/mol. The quantitative estimate of drug-likeness (QED) is 0.443. The van der Waals surface area contributed by atoms with E-state index >= 15 is 0 Å². The van der Waals surface area contributed by atoms with Gasteiger partial charge in [-0.2, -0.15) is 0 Å². The van der Waals surface area contributed by atoms with Crippen molar-refractivity contribution in [2.24, 2.45) is 11.3 Å². The van der Waals surface area contributed by atoms with Crippen LogP contribution in [0.2, 0.25) is 0 Å². The highest BCUT2D eigenvalue weighted by Crippen LogP contribution is 2.42. The van der Waals surface area contributed by atoms with Crippen molar-refractivity contribution in [3.8, 4) is 0 Å². The Balaban J connectivity index is 1.83. The van der Waals surface area contributed by atoms with Crippen LogP contribution in [-0.4, -0.2) is 62.5 Å². The number of nitrogens with one attached hydrogen (secondary N) is 2. The number of amides is 2. The Hall–Kier alpha value is -2.09. The van der Waals surface area contributed by atoms with E-state index in [4.69, 9.17) is 9.15 Å². The van der Waals surface area contributed by atoms with E-state index in [0.717, 1.165) is 42.2 Å². The molecule has 2 amide bonds. The summed E-state index contributed by atoms with van der Waals surface area (Å²) < 4.78 is 11.1. The van der Waals surface area contributed by atoms with Crippen molar-refractivity contribution in [2.45, 2.75) is 64.5 Å². The van der Waals surface area contributed by atoms with E-state index in [1.165, 1.54) is 0 Å². The van der Waals surface area contributed by atoms with Crippen molar-refractivity contribution < 1.29 is 19.1 Å². The molecule has 1 fully saturated rings. The van der Waals surface area contributed by atoms with Gasteiger partial charge in [0.05, 0.1) is 11.9 Å². The third kappa shape index (κ3) is 6.12. The number of hydrogen-bond donors (Lipinski definition) is 3. The Labute approximate surface area is 204 Å². The number of benzene rings is 1. The van der Waals surface area contributed by atoms with Crippen LogP contribution in [0.4, 0.5) is 4.79 Å². The number of piperidine rings is 1. The minimum absolute atomic E-state index is 0.00942. The fourth-order valence-corrected chi connectivity index (χ4v) is 5.10. The molecule has 1 aromatic heterocycles. The van der Waals surface area contributed by atoms with E-state index in [-0.39, 0.29) is 23.4 Å². The molecule has 190 valence electrons. The van der Waals surface area contributed by atoms with Gasteiger partial charge in [-0.3, -0.25) is 0 Å². The minimum atomic E-state index is -1.08. The Morgan fingerprint density at radius 1 is 1.29 bits per heavy atom. The lowest BCUT2D eigenvalue weighted by molar-refractivity contribution is -0.0559. The molecule has 0 radical (unpaired) electrons. The molecule has 2 aromatic rings. The summed E-state index contributed by atoms with van der Waals surface area (Å²) in [6.45, 7) is 8.99. The summed E-state index contributed by atoms with van der Waals surface area (Å²) in [5.41, 5.74) is 0.408. The maximum Gasteiger partial charge on any atom is 0.317 e. The number of carbonyl (C=O) groups is 1. The van der Waals surface area contributed by atoms with Gasteiger partial charge in [-0.15, -0.1) is 0 Å². The van der Waals surface area contributed by atoms with Crippen molar-refractivity contribution in [3.05, 3.63) is 36.1 Å².